The maximum atomic E-state index is 14.5. The zero-order valence-electron chi connectivity index (χ0n) is 12.5. The lowest BCUT2D eigenvalue weighted by molar-refractivity contribution is -0.384. The third kappa shape index (κ3) is 4.33. The molecule has 1 N–H and O–H groups in total. The lowest BCUT2D eigenvalue weighted by Gasteiger charge is -2.37. The van der Waals surface area contributed by atoms with Crippen LogP contribution in [0.5, 0.6) is 0 Å². The summed E-state index contributed by atoms with van der Waals surface area (Å²) in [5, 5.41) is 12.2. The summed E-state index contributed by atoms with van der Waals surface area (Å²) in [6.45, 7) is -0.230. The zero-order chi connectivity index (χ0) is 18.0. The average molecular weight is 349 g/mol. The number of halogens is 4. The van der Waals surface area contributed by atoms with Crippen molar-refractivity contribution in [1.29, 1.82) is 0 Å². The normalized spacial score (nSPS) is 17.4. The molecule has 6 nitrogen and oxygen atoms in total. The summed E-state index contributed by atoms with van der Waals surface area (Å²) >= 11 is 0. The molecular weight excluding hydrogens is 334 g/mol. The molecule has 0 saturated carbocycles. The van der Waals surface area contributed by atoms with Gasteiger partial charge in [0.05, 0.1) is 11.5 Å². The Morgan fingerprint density at radius 2 is 1.79 bits per heavy atom. The fourth-order valence-electron chi connectivity index (χ4n) is 2.47. The van der Waals surface area contributed by atoms with Crippen LogP contribution in [0.2, 0.25) is 0 Å². The molecule has 0 unspecified atom stereocenters. The van der Waals surface area contributed by atoms with Crippen LogP contribution in [0.3, 0.4) is 0 Å². The van der Waals surface area contributed by atoms with E-state index in [1.807, 2.05) is 0 Å². The molecule has 2 rings (SSSR count). The van der Waals surface area contributed by atoms with Crippen molar-refractivity contribution in [3.8, 4) is 0 Å². The van der Waals surface area contributed by atoms with Gasteiger partial charge in [0.2, 0.25) is 0 Å². The third-order valence-electron chi connectivity index (χ3n) is 3.91. The molecule has 24 heavy (non-hydrogen) atoms. The topological polar surface area (TPSA) is 75.5 Å². The van der Waals surface area contributed by atoms with E-state index in [0.29, 0.717) is 5.69 Å². The van der Waals surface area contributed by atoms with Crippen molar-refractivity contribution in [2.75, 3.05) is 24.5 Å². The first-order chi connectivity index (χ1) is 11.1. The summed E-state index contributed by atoms with van der Waals surface area (Å²) in [5.74, 6) is -2.16. The Morgan fingerprint density at radius 3 is 2.25 bits per heavy atom. The molecule has 1 aromatic rings. The van der Waals surface area contributed by atoms with Gasteiger partial charge >= 0.3 is 12.1 Å². The molecule has 0 radical (unpaired) electrons. The van der Waals surface area contributed by atoms with E-state index in [2.05, 4.69) is 0 Å². The molecule has 0 aromatic heterocycles. The highest BCUT2D eigenvalue weighted by atomic mass is 19.4. The molecule has 132 valence electrons. The molecule has 1 amide bonds. The number of non-ortho nitro benzene ring substituents is 1. The fourth-order valence-corrected chi connectivity index (χ4v) is 2.47. The number of nitrogens with zero attached hydrogens (tertiary/aromatic N) is 2. The van der Waals surface area contributed by atoms with E-state index in [9.17, 15) is 32.5 Å². The zero-order valence-corrected chi connectivity index (χ0v) is 12.5. The number of nitro groups is 1. The second-order valence-corrected chi connectivity index (χ2v) is 5.59. The van der Waals surface area contributed by atoms with Crippen LogP contribution >= 0.6 is 0 Å². The van der Waals surface area contributed by atoms with Gasteiger partial charge in [0.15, 0.2) is 0 Å². The predicted octanol–water partition coefficient (Wildman–Crippen LogP) is 2.58. The molecule has 1 aliphatic rings. The molecule has 10 heteroatoms. The van der Waals surface area contributed by atoms with Gasteiger partial charge in [-0.2, -0.15) is 13.2 Å². The van der Waals surface area contributed by atoms with E-state index in [0.717, 1.165) is 0 Å². The van der Waals surface area contributed by atoms with Gasteiger partial charge < -0.3 is 10.2 Å². The van der Waals surface area contributed by atoms with E-state index >= 15 is 0 Å². The summed E-state index contributed by atoms with van der Waals surface area (Å²) in [4.78, 5) is 22.6. The molecular formula is C14H15F4N3O3. The Hall–Kier alpha value is -2.39. The number of benzene rings is 1. The standard InChI is InChI=1S/C14H15F4N3O3/c15-13(9-19-12(22)14(16,17)18)5-7-20(8-6-13)10-1-3-11(4-2-10)21(23)24/h1-4H,5-9H2,(H,19,22). The van der Waals surface area contributed by atoms with Crippen LogP contribution < -0.4 is 10.2 Å². The molecule has 0 bridgehead atoms. The van der Waals surface area contributed by atoms with Crippen molar-refractivity contribution >= 4 is 17.3 Å². The minimum absolute atomic E-state index is 0.0534. The Bertz CT molecular complexity index is 611. The second-order valence-electron chi connectivity index (χ2n) is 5.59. The Morgan fingerprint density at radius 1 is 1.25 bits per heavy atom. The molecule has 1 aliphatic heterocycles. The minimum atomic E-state index is -5.03. The molecule has 0 aliphatic carbocycles. The number of alkyl halides is 4. The number of carbonyl (C=O) groups is 1. The number of hydrogen-bond donors (Lipinski definition) is 1. The van der Waals surface area contributed by atoms with Crippen molar-refractivity contribution in [1.82, 2.24) is 5.32 Å². The lowest BCUT2D eigenvalue weighted by Crippen LogP contribution is -2.50. The van der Waals surface area contributed by atoms with Gasteiger partial charge in [0.25, 0.3) is 5.69 Å². The highest BCUT2D eigenvalue weighted by Gasteiger charge is 2.41. The van der Waals surface area contributed by atoms with Crippen LogP contribution in [0, 0.1) is 10.1 Å². The Labute approximate surface area is 134 Å². The molecule has 0 spiro atoms. The van der Waals surface area contributed by atoms with E-state index in [1.54, 1.807) is 10.2 Å². The van der Waals surface area contributed by atoms with E-state index < -0.39 is 29.2 Å². The van der Waals surface area contributed by atoms with Gasteiger partial charge in [-0.3, -0.25) is 14.9 Å². The number of piperidine rings is 1. The summed E-state index contributed by atoms with van der Waals surface area (Å²) in [5.41, 5.74) is -1.30. The van der Waals surface area contributed by atoms with Crippen LogP contribution in [0.25, 0.3) is 0 Å². The van der Waals surface area contributed by atoms with Crippen LogP contribution in [0.4, 0.5) is 28.9 Å². The summed E-state index contributed by atoms with van der Waals surface area (Å²) < 4.78 is 50.8. The van der Waals surface area contributed by atoms with Crippen molar-refractivity contribution < 1.29 is 27.3 Å². The maximum Gasteiger partial charge on any atom is 0.471 e. The molecule has 1 fully saturated rings. The van der Waals surface area contributed by atoms with Crippen LogP contribution in [-0.2, 0) is 4.79 Å². The van der Waals surface area contributed by atoms with Gasteiger partial charge in [-0.05, 0) is 12.1 Å². The first-order valence-corrected chi connectivity index (χ1v) is 7.14. The highest BCUT2D eigenvalue weighted by Crippen LogP contribution is 2.30. The Balaban J connectivity index is 1.90. The summed E-state index contributed by atoms with van der Waals surface area (Å²) in [6, 6.07) is 5.73. The van der Waals surface area contributed by atoms with Gasteiger partial charge in [-0.25, -0.2) is 4.39 Å². The number of anilines is 1. The van der Waals surface area contributed by atoms with Crippen molar-refractivity contribution in [3.63, 3.8) is 0 Å². The van der Waals surface area contributed by atoms with Crippen LogP contribution in [0.15, 0.2) is 24.3 Å². The molecule has 1 saturated heterocycles. The van der Waals surface area contributed by atoms with Gasteiger partial charge in [0, 0.05) is 43.8 Å². The smallest absolute Gasteiger partial charge is 0.371 e. The Kier molecular flexibility index (Phi) is 4.95. The minimum Gasteiger partial charge on any atom is -0.371 e. The molecule has 1 heterocycles. The lowest BCUT2D eigenvalue weighted by atomic mass is 9.93. The van der Waals surface area contributed by atoms with Crippen molar-refractivity contribution in [2.24, 2.45) is 0 Å². The van der Waals surface area contributed by atoms with Gasteiger partial charge in [0.1, 0.15) is 5.67 Å². The van der Waals surface area contributed by atoms with E-state index in [1.165, 1.54) is 24.3 Å². The monoisotopic (exact) mass is 349 g/mol. The number of nitrogens with one attached hydrogen (secondary N) is 1. The SMILES string of the molecule is O=C(NCC1(F)CCN(c2ccc([N+](=O)[O-])cc2)CC1)C(F)(F)F. The van der Waals surface area contributed by atoms with Crippen LogP contribution in [-0.4, -0.2) is 42.3 Å². The predicted molar refractivity (Wildman–Crippen MR) is 77.4 cm³/mol. The maximum absolute atomic E-state index is 14.5. The van der Waals surface area contributed by atoms with Gasteiger partial charge in [-0.15, -0.1) is 0 Å². The van der Waals surface area contributed by atoms with Crippen molar-refractivity contribution in [2.45, 2.75) is 24.7 Å². The highest BCUT2D eigenvalue weighted by molar-refractivity contribution is 5.81. The van der Waals surface area contributed by atoms with E-state index in [4.69, 9.17) is 0 Å². The number of hydrogen-bond acceptors (Lipinski definition) is 4. The molecule has 1 aromatic carbocycles. The largest absolute Gasteiger partial charge is 0.471 e. The number of carbonyl (C=O) groups excluding carboxylic acids is 1. The van der Waals surface area contributed by atoms with Crippen molar-refractivity contribution in [3.05, 3.63) is 34.4 Å². The number of amides is 1. The molecule has 0 atom stereocenters. The number of rotatable bonds is 4. The van der Waals surface area contributed by atoms with E-state index in [-0.39, 0.29) is 31.6 Å². The average Bonchev–Trinajstić information content (AvgIpc) is 2.52. The summed E-state index contributed by atoms with van der Waals surface area (Å²) in [6.07, 6.45) is -5.14. The quantitative estimate of drug-likeness (QED) is 0.515. The second kappa shape index (κ2) is 6.62. The van der Waals surface area contributed by atoms with Gasteiger partial charge in [-0.1, -0.05) is 0 Å². The third-order valence-corrected chi connectivity index (χ3v) is 3.91. The van der Waals surface area contributed by atoms with Crippen LogP contribution in [0.1, 0.15) is 12.8 Å². The fraction of sp³-hybridized carbons (Fsp3) is 0.500. The number of nitro benzene ring substituents is 1. The first kappa shape index (κ1) is 18.0. The summed E-state index contributed by atoms with van der Waals surface area (Å²) in [7, 11) is 0. The first-order valence-electron chi connectivity index (χ1n) is 7.14.